The fraction of sp³-hybridized carbons (Fsp3) is 0.600. The van der Waals surface area contributed by atoms with Crippen molar-refractivity contribution in [2.75, 3.05) is 7.05 Å². The summed E-state index contributed by atoms with van der Waals surface area (Å²) in [6.07, 6.45) is 3.72. The van der Waals surface area contributed by atoms with Crippen molar-refractivity contribution in [1.29, 1.82) is 0 Å². The van der Waals surface area contributed by atoms with E-state index in [1.807, 2.05) is 0 Å². The first-order chi connectivity index (χ1) is 7.69. The van der Waals surface area contributed by atoms with E-state index in [0.717, 1.165) is 12.3 Å². The Balaban J connectivity index is 2.66. The zero-order valence-electron chi connectivity index (χ0n) is 11.1. The molecule has 90 valence electrons. The SMILES string of the molecule is CCCC(C)C(Cc1ccccc1C)NC. The number of benzene rings is 1. The highest BCUT2D eigenvalue weighted by Gasteiger charge is 2.15. The first kappa shape index (κ1) is 13.2. The molecule has 0 fully saturated rings. The standard InChI is InChI=1S/C15H25N/c1-5-8-13(3)15(16-4)11-14-10-7-6-9-12(14)2/h6-7,9-10,13,15-16H,5,8,11H2,1-4H3. The Morgan fingerprint density at radius 2 is 1.94 bits per heavy atom. The molecule has 0 bridgehead atoms. The van der Waals surface area contributed by atoms with Crippen LogP contribution >= 0.6 is 0 Å². The molecule has 0 spiro atoms. The molecule has 0 radical (unpaired) electrons. The van der Waals surface area contributed by atoms with Crippen molar-refractivity contribution in [3.05, 3.63) is 35.4 Å². The van der Waals surface area contributed by atoms with E-state index in [-0.39, 0.29) is 0 Å². The predicted molar refractivity (Wildman–Crippen MR) is 71.8 cm³/mol. The van der Waals surface area contributed by atoms with Gasteiger partial charge in [0, 0.05) is 6.04 Å². The molecule has 0 amide bonds. The maximum Gasteiger partial charge on any atom is 0.0130 e. The second kappa shape index (κ2) is 6.70. The van der Waals surface area contributed by atoms with Crippen LogP contribution in [0.5, 0.6) is 0 Å². The summed E-state index contributed by atoms with van der Waals surface area (Å²) in [6, 6.07) is 9.30. The number of likely N-dealkylation sites (N-methyl/N-ethyl adjacent to an activating group) is 1. The van der Waals surface area contributed by atoms with Gasteiger partial charge < -0.3 is 5.32 Å². The van der Waals surface area contributed by atoms with Gasteiger partial charge in [0.2, 0.25) is 0 Å². The summed E-state index contributed by atoms with van der Waals surface area (Å²) < 4.78 is 0. The van der Waals surface area contributed by atoms with Crippen LogP contribution in [-0.4, -0.2) is 13.1 Å². The third kappa shape index (κ3) is 3.64. The summed E-state index contributed by atoms with van der Waals surface area (Å²) in [5.74, 6) is 0.745. The van der Waals surface area contributed by atoms with E-state index in [1.54, 1.807) is 0 Å². The van der Waals surface area contributed by atoms with E-state index >= 15 is 0 Å². The Labute approximate surface area is 100 Å². The van der Waals surface area contributed by atoms with Crippen LogP contribution in [0.25, 0.3) is 0 Å². The monoisotopic (exact) mass is 219 g/mol. The van der Waals surface area contributed by atoms with Gasteiger partial charge in [0.05, 0.1) is 0 Å². The lowest BCUT2D eigenvalue weighted by atomic mass is 9.90. The fourth-order valence-corrected chi connectivity index (χ4v) is 2.32. The van der Waals surface area contributed by atoms with Crippen LogP contribution in [0.3, 0.4) is 0 Å². The highest BCUT2D eigenvalue weighted by Crippen LogP contribution is 2.17. The van der Waals surface area contributed by atoms with E-state index in [9.17, 15) is 0 Å². The molecule has 0 aliphatic rings. The number of hydrogen-bond donors (Lipinski definition) is 1. The molecule has 0 heterocycles. The normalized spacial score (nSPS) is 14.8. The van der Waals surface area contributed by atoms with E-state index in [2.05, 4.69) is 57.4 Å². The van der Waals surface area contributed by atoms with E-state index in [0.29, 0.717) is 6.04 Å². The van der Waals surface area contributed by atoms with Gasteiger partial charge in [-0.15, -0.1) is 0 Å². The maximum absolute atomic E-state index is 3.46. The average molecular weight is 219 g/mol. The molecule has 1 rings (SSSR count). The third-order valence-corrected chi connectivity index (χ3v) is 3.50. The van der Waals surface area contributed by atoms with Gasteiger partial charge >= 0.3 is 0 Å². The van der Waals surface area contributed by atoms with Crippen LogP contribution in [0.15, 0.2) is 24.3 Å². The Hall–Kier alpha value is -0.820. The minimum atomic E-state index is 0.598. The Bertz CT molecular complexity index is 306. The molecule has 1 aromatic carbocycles. The molecule has 1 heteroatoms. The van der Waals surface area contributed by atoms with Gasteiger partial charge in [0.1, 0.15) is 0 Å². The Morgan fingerprint density at radius 3 is 2.50 bits per heavy atom. The zero-order valence-corrected chi connectivity index (χ0v) is 11.1. The van der Waals surface area contributed by atoms with Crippen LogP contribution in [0.2, 0.25) is 0 Å². The molecule has 0 aliphatic carbocycles. The molecule has 16 heavy (non-hydrogen) atoms. The minimum Gasteiger partial charge on any atom is -0.316 e. The van der Waals surface area contributed by atoms with Crippen molar-refractivity contribution in [1.82, 2.24) is 5.32 Å². The molecule has 1 N–H and O–H groups in total. The lowest BCUT2D eigenvalue weighted by Gasteiger charge is -2.24. The van der Waals surface area contributed by atoms with Crippen molar-refractivity contribution in [3.8, 4) is 0 Å². The molecule has 0 aromatic heterocycles. The molecule has 1 aromatic rings. The molecule has 0 aliphatic heterocycles. The minimum absolute atomic E-state index is 0.598. The van der Waals surface area contributed by atoms with Gasteiger partial charge in [-0.2, -0.15) is 0 Å². The second-order valence-corrected chi connectivity index (χ2v) is 4.79. The fourth-order valence-electron chi connectivity index (χ4n) is 2.32. The van der Waals surface area contributed by atoms with Crippen LogP contribution in [0.4, 0.5) is 0 Å². The lowest BCUT2D eigenvalue weighted by molar-refractivity contribution is 0.371. The topological polar surface area (TPSA) is 12.0 Å². The first-order valence-electron chi connectivity index (χ1n) is 6.40. The van der Waals surface area contributed by atoms with Gasteiger partial charge in [0.15, 0.2) is 0 Å². The summed E-state index contributed by atoms with van der Waals surface area (Å²) in [4.78, 5) is 0. The van der Waals surface area contributed by atoms with Gasteiger partial charge in [-0.1, -0.05) is 44.5 Å². The molecular weight excluding hydrogens is 194 g/mol. The largest absolute Gasteiger partial charge is 0.316 e. The molecule has 2 atom stereocenters. The van der Waals surface area contributed by atoms with Gasteiger partial charge in [-0.3, -0.25) is 0 Å². The third-order valence-electron chi connectivity index (χ3n) is 3.50. The Kier molecular flexibility index (Phi) is 5.54. The number of aryl methyl sites for hydroxylation is 1. The second-order valence-electron chi connectivity index (χ2n) is 4.79. The molecule has 1 nitrogen and oxygen atoms in total. The van der Waals surface area contributed by atoms with Crippen LogP contribution in [0.1, 0.15) is 37.8 Å². The quantitative estimate of drug-likeness (QED) is 0.771. The number of nitrogens with one attached hydrogen (secondary N) is 1. The molecule has 0 saturated carbocycles. The smallest absolute Gasteiger partial charge is 0.0130 e. The van der Waals surface area contributed by atoms with Crippen molar-refractivity contribution in [3.63, 3.8) is 0 Å². The molecule has 0 saturated heterocycles. The molecular formula is C15H25N. The van der Waals surface area contributed by atoms with Crippen molar-refractivity contribution >= 4 is 0 Å². The summed E-state index contributed by atoms with van der Waals surface area (Å²) in [5.41, 5.74) is 2.89. The van der Waals surface area contributed by atoms with Crippen LogP contribution < -0.4 is 5.32 Å². The maximum atomic E-state index is 3.46. The van der Waals surface area contributed by atoms with Gasteiger partial charge in [-0.05, 0) is 43.9 Å². The van der Waals surface area contributed by atoms with Crippen molar-refractivity contribution in [2.45, 2.75) is 46.1 Å². The summed E-state index contributed by atoms with van der Waals surface area (Å²) in [6.45, 7) is 6.81. The number of rotatable bonds is 6. The number of hydrogen-bond acceptors (Lipinski definition) is 1. The van der Waals surface area contributed by atoms with Gasteiger partial charge in [0.25, 0.3) is 0 Å². The first-order valence-corrected chi connectivity index (χ1v) is 6.40. The highest BCUT2D eigenvalue weighted by molar-refractivity contribution is 5.26. The van der Waals surface area contributed by atoms with Crippen molar-refractivity contribution in [2.24, 2.45) is 5.92 Å². The lowest BCUT2D eigenvalue weighted by Crippen LogP contribution is -2.34. The van der Waals surface area contributed by atoms with E-state index in [4.69, 9.17) is 0 Å². The van der Waals surface area contributed by atoms with Gasteiger partial charge in [-0.25, -0.2) is 0 Å². The highest BCUT2D eigenvalue weighted by atomic mass is 14.9. The van der Waals surface area contributed by atoms with Crippen LogP contribution in [-0.2, 0) is 6.42 Å². The average Bonchev–Trinajstić information content (AvgIpc) is 2.28. The summed E-state index contributed by atoms with van der Waals surface area (Å²) >= 11 is 0. The predicted octanol–water partition coefficient (Wildman–Crippen LogP) is 3.56. The zero-order chi connectivity index (χ0) is 12.0. The summed E-state index contributed by atoms with van der Waals surface area (Å²) in [5, 5.41) is 3.46. The van der Waals surface area contributed by atoms with Crippen molar-refractivity contribution < 1.29 is 0 Å². The summed E-state index contributed by atoms with van der Waals surface area (Å²) in [7, 11) is 2.08. The molecule has 2 unspecified atom stereocenters. The Morgan fingerprint density at radius 1 is 1.25 bits per heavy atom. The van der Waals surface area contributed by atoms with E-state index < -0.39 is 0 Å². The van der Waals surface area contributed by atoms with E-state index in [1.165, 1.54) is 24.0 Å². The van der Waals surface area contributed by atoms with Crippen LogP contribution in [0, 0.1) is 12.8 Å².